The van der Waals surface area contributed by atoms with Gasteiger partial charge >= 0.3 is 0 Å². The molecule has 72 valence electrons. The molecule has 2 aromatic rings. The summed E-state index contributed by atoms with van der Waals surface area (Å²) in [6.07, 6.45) is 1.65. The Morgan fingerprint density at radius 1 is 1.43 bits per heavy atom. The maximum Gasteiger partial charge on any atom is 0.179 e. The molecule has 2 heterocycles. The van der Waals surface area contributed by atoms with Crippen molar-refractivity contribution in [2.24, 2.45) is 5.92 Å². The number of carbonyl (C=O) groups excluding carboxylic acids is 1. The summed E-state index contributed by atoms with van der Waals surface area (Å²) in [5, 5.41) is 11.0. The molecule has 2 rings (SSSR count). The molecule has 0 saturated carbocycles. The summed E-state index contributed by atoms with van der Waals surface area (Å²) in [5.41, 5.74) is 1.28. The first kappa shape index (κ1) is 8.80. The van der Waals surface area contributed by atoms with Crippen molar-refractivity contribution in [1.29, 1.82) is 0 Å². The second kappa shape index (κ2) is 3.17. The normalized spacial score (nSPS) is 11.1. The van der Waals surface area contributed by atoms with Crippen molar-refractivity contribution in [1.82, 2.24) is 20.0 Å². The lowest BCUT2D eigenvalue weighted by molar-refractivity contribution is 0.0939. The van der Waals surface area contributed by atoms with E-state index in [2.05, 4.69) is 15.5 Å². The van der Waals surface area contributed by atoms with Crippen molar-refractivity contribution >= 4 is 11.4 Å². The number of carbonyl (C=O) groups is 1. The first-order valence-corrected chi connectivity index (χ1v) is 4.40. The van der Waals surface area contributed by atoms with Gasteiger partial charge in [-0.3, -0.25) is 4.79 Å². The molecule has 0 unspecified atom stereocenters. The van der Waals surface area contributed by atoms with E-state index in [1.54, 1.807) is 18.3 Å². The molecule has 5 nitrogen and oxygen atoms in total. The van der Waals surface area contributed by atoms with E-state index >= 15 is 0 Å². The monoisotopic (exact) mass is 190 g/mol. The van der Waals surface area contributed by atoms with Crippen molar-refractivity contribution in [3.8, 4) is 0 Å². The molecule has 0 atom stereocenters. The minimum Gasteiger partial charge on any atom is -0.294 e. The highest BCUT2D eigenvalue weighted by atomic mass is 16.1. The number of fused-ring (bicyclic) bond motifs is 1. The lowest BCUT2D eigenvalue weighted by Crippen LogP contribution is -2.08. The van der Waals surface area contributed by atoms with Gasteiger partial charge in [-0.2, -0.15) is 4.52 Å². The van der Waals surface area contributed by atoms with E-state index in [1.807, 2.05) is 13.8 Å². The number of tetrazole rings is 1. The fourth-order valence-corrected chi connectivity index (χ4v) is 1.22. The van der Waals surface area contributed by atoms with Crippen LogP contribution in [0.3, 0.4) is 0 Å². The highest BCUT2D eigenvalue weighted by Gasteiger charge is 2.11. The standard InChI is InChI=1S/C9H10N4O/c1-6(2)9(14)7-3-4-8-10-11-12-13(8)5-7/h3-6H,1-2H3. The van der Waals surface area contributed by atoms with Crippen molar-refractivity contribution < 1.29 is 4.79 Å². The Bertz CT molecular complexity index is 474. The summed E-state index contributed by atoms with van der Waals surface area (Å²) in [4.78, 5) is 11.6. The Labute approximate surface area is 80.7 Å². The van der Waals surface area contributed by atoms with E-state index in [0.717, 1.165) is 0 Å². The fourth-order valence-electron chi connectivity index (χ4n) is 1.22. The summed E-state index contributed by atoms with van der Waals surface area (Å²) in [5.74, 6) is 0.0892. The number of rotatable bonds is 2. The highest BCUT2D eigenvalue weighted by molar-refractivity contribution is 5.97. The zero-order valence-corrected chi connectivity index (χ0v) is 8.01. The molecule has 2 aromatic heterocycles. The summed E-state index contributed by atoms with van der Waals surface area (Å²) in [6, 6.07) is 3.48. The molecule has 0 saturated heterocycles. The van der Waals surface area contributed by atoms with E-state index in [-0.39, 0.29) is 11.7 Å². The van der Waals surface area contributed by atoms with Gasteiger partial charge in [0.2, 0.25) is 0 Å². The van der Waals surface area contributed by atoms with Gasteiger partial charge in [0.15, 0.2) is 11.4 Å². The summed E-state index contributed by atoms with van der Waals surface area (Å²) < 4.78 is 1.50. The van der Waals surface area contributed by atoms with Crippen LogP contribution in [0.5, 0.6) is 0 Å². The van der Waals surface area contributed by atoms with Gasteiger partial charge in [0.25, 0.3) is 0 Å². The quantitative estimate of drug-likeness (QED) is 0.662. The van der Waals surface area contributed by atoms with E-state index in [9.17, 15) is 4.79 Å². The van der Waals surface area contributed by atoms with E-state index in [0.29, 0.717) is 11.2 Å². The van der Waals surface area contributed by atoms with Gasteiger partial charge in [0.05, 0.1) is 0 Å². The van der Waals surface area contributed by atoms with Crippen molar-refractivity contribution in [3.05, 3.63) is 23.9 Å². The van der Waals surface area contributed by atoms with Crippen LogP contribution in [0.4, 0.5) is 0 Å². The first-order chi connectivity index (χ1) is 6.68. The minimum atomic E-state index is -0.0102. The molecule has 14 heavy (non-hydrogen) atoms. The number of pyridine rings is 1. The molecule has 0 N–H and O–H groups in total. The summed E-state index contributed by atoms with van der Waals surface area (Å²) >= 11 is 0. The minimum absolute atomic E-state index is 0.0102. The average molecular weight is 190 g/mol. The third-order valence-corrected chi connectivity index (χ3v) is 2.00. The van der Waals surface area contributed by atoms with Crippen LogP contribution in [-0.4, -0.2) is 25.8 Å². The smallest absolute Gasteiger partial charge is 0.179 e. The lowest BCUT2D eigenvalue weighted by Gasteiger charge is -2.02. The van der Waals surface area contributed by atoms with Crippen LogP contribution in [-0.2, 0) is 0 Å². The summed E-state index contributed by atoms with van der Waals surface area (Å²) in [7, 11) is 0. The number of nitrogens with zero attached hydrogens (tertiary/aromatic N) is 4. The van der Waals surface area contributed by atoms with Crippen LogP contribution in [0, 0.1) is 5.92 Å². The topological polar surface area (TPSA) is 60.2 Å². The molecule has 0 amide bonds. The number of Topliss-reactive ketones (excluding diaryl/α,β-unsaturated/α-hetero) is 1. The number of aromatic nitrogens is 4. The maximum absolute atomic E-state index is 11.6. The van der Waals surface area contributed by atoms with Gasteiger partial charge in [-0.05, 0) is 22.6 Å². The molecule has 0 fully saturated rings. The van der Waals surface area contributed by atoms with Crippen LogP contribution in [0.2, 0.25) is 0 Å². The van der Waals surface area contributed by atoms with Gasteiger partial charge in [0.1, 0.15) is 0 Å². The molecular formula is C9H10N4O. The molecule has 5 heteroatoms. The van der Waals surface area contributed by atoms with Gasteiger partial charge in [-0.1, -0.05) is 13.8 Å². The Morgan fingerprint density at radius 2 is 2.21 bits per heavy atom. The molecule has 0 aliphatic rings. The zero-order chi connectivity index (χ0) is 10.1. The zero-order valence-electron chi connectivity index (χ0n) is 8.01. The third-order valence-electron chi connectivity index (χ3n) is 2.00. The van der Waals surface area contributed by atoms with E-state index < -0.39 is 0 Å². The Balaban J connectivity index is 2.48. The number of ketones is 1. The Kier molecular flexibility index (Phi) is 1.99. The SMILES string of the molecule is CC(C)C(=O)c1ccc2nnnn2c1. The molecule has 0 aliphatic heterocycles. The lowest BCUT2D eigenvalue weighted by atomic mass is 10.0. The highest BCUT2D eigenvalue weighted by Crippen LogP contribution is 2.08. The van der Waals surface area contributed by atoms with Crippen molar-refractivity contribution in [2.75, 3.05) is 0 Å². The first-order valence-electron chi connectivity index (χ1n) is 4.40. The predicted molar refractivity (Wildman–Crippen MR) is 50.0 cm³/mol. The van der Waals surface area contributed by atoms with Crippen LogP contribution < -0.4 is 0 Å². The average Bonchev–Trinajstić information content (AvgIpc) is 2.62. The summed E-state index contributed by atoms with van der Waals surface area (Å²) in [6.45, 7) is 3.73. The van der Waals surface area contributed by atoms with Gasteiger partial charge < -0.3 is 0 Å². The predicted octanol–water partition coefficient (Wildman–Crippen LogP) is 0.963. The van der Waals surface area contributed by atoms with E-state index in [1.165, 1.54) is 4.52 Å². The maximum atomic E-state index is 11.6. The third kappa shape index (κ3) is 1.37. The molecular weight excluding hydrogens is 180 g/mol. The number of hydrogen-bond acceptors (Lipinski definition) is 4. The van der Waals surface area contributed by atoms with Crippen LogP contribution in [0.1, 0.15) is 24.2 Å². The van der Waals surface area contributed by atoms with E-state index in [4.69, 9.17) is 0 Å². The van der Waals surface area contributed by atoms with Crippen LogP contribution in [0.15, 0.2) is 18.3 Å². The van der Waals surface area contributed by atoms with Crippen molar-refractivity contribution in [3.63, 3.8) is 0 Å². The molecule has 0 bridgehead atoms. The second-order valence-electron chi connectivity index (χ2n) is 3.42. The number of hydrogen-bond donors (Lipinski definition) is 0. The van der Waals surface area contributed by atoms with Gasteiger partial charge in [0, 0.05) is 17.7 Å². The molecule has 0 aliphatic carbocycles. The Morgan fingerprint density at radius 3 is 2.93 bits per heavy atom. The van der Waals surface area contributed by atoms with Crippen molar-refractivity contribution in [2.45, 2.75) is 13.8 Å². The molecule has 0 aromatic carbocycles. The van der Waals surface area contributed by atoms with Crippen LogP contribution >= 0.6 is 0 Å². The Hall–Kier alpha value is -1.78. The van der Waals surface area contributed by atoms with Crippen LogP contribution in [0.25, 0.3) is 5.65 Å². The largest absolute Gasteiger partial charge is 0.294 e. The van der Waals surface area contributed by atoms with Gasteiger partial charge in [-0.15, -0.1) is 5.10 Å². The molecule has 0 spiro atoms. The molecule has 0 radical (unpaired) electrons. The second-order valence-corrected chi connectivity index (χ2v) is 3.42. The fraction of sp³-hybridized carbons (Fsp3) is 0.333. The van der Waals surface area contributed by atoms with Gasteiger partial charge in [-0.25, -0.2) is 0 Å².